The molecule has 2 fully saturated rings. The largest absolute Gasteiger partial charge is 0.355 e. The summed E-state index contributed by atoms with van der Waals surface area (Å²) in [5.74, 6) is 1.56. The van der Waals surface area contributed by atoms with Crippen molar-refractivity contribution in [1.82, 2.24) is 9.88 Å². The van der Waals surface area contributed by atoms with Gasteiger partial charge in [0.1, 0.15) is 5.82 Å². The molecule has 114 valence electrons. The molecule has 1 aromatic rings. The van der Waals surface area contributed by atoms with Gasteiger partial charge in [-0.2, -0.15) is 0 Å². The lowest BCUT2D eigenvalue weighted by atomic mass is 9.84. The van der Waals surface area contributed by atoms with Crippen LogP contribution in [0.2, 0.25) is 5.02 Å². The van der Waals surface area contributed by atoms with Gasteiger partial charge in [0, 0.05) is 38.3 Å². The number of anilines is 1. The van der Waals surface area contributed by atoms with Gasteiger partial charge in [0.15, 0.2) is 0 Å². The van der Waals surface area contributed by atoms with Crippen LogP contribution in [0.3, 0.4) is 0 Å². The second-order valence-electron chi connectivity index (χ2n) is 6.15. The van der Waals surface area contributed by atoms with E-state index in [1.165, 1.54) is 6.42 Å². The van der Waals surface area contributed by atoms with E-state index in [9.17, 15) is 4.79 Å². The molecule has 1 aliphatic carbocycles. The Balaban J connectivity index is 1.64. The van der Waals surface area contributed by atoms with Gasteiger partial charge in [-0.1, -0.05) is 18.0 Å². The molecule has 1 unspecified atom stereocenters. The monoisotopic (exact) mass is 307 g/mol. The van der Waals surface area contributed by atoms with Crippen LogP contribution in [0.15, 0.2) is 18.3 Å². The van der Waals surface area contributed by atoms with E-state index in [0.717, 1.165) is 44.6 Å². The van der Waals surface area contributed by atoms with Crippen molar-refractivity contribution in [2.45, 2.75) is 38.1 Å². The standard InChI is InChI=1S/C16H22ClN3O/c1-19(16(21)12-4-2-5-12)14-6-3-9-20(11-14)15-8-7-13(17)10-18-15/h7-8,10,12,14H,2-6,9,11H2,1H3. The van der Waals surface area contributed by atoms with Crippen LogP contribution in [0.5, 0.6) is 0 Å². The predicted molar refractivity (Wildman–Crippen MR) is 84.6 cm³/mol. The topological polar surface area (TPSA) is 36.4 Å². The highest BCUT2D eigenvalue weighted by atomic mass is 35.5. The third-order valence-corrected chi connectivity index (χ3v) is 5.01. The first-order chi connectivity index (χ1) is 10.1. The first-order valence-corrected chi connectivity index (χ1v) is 8.16. The first-order valence-electron chi connectivity index (χ1n) is 7.78. The third kappa shape index (κ3) is 3.15. The van der Waals surface area contributed by atoms with E-state index < -0.39 is 0 Å². The number of likely N-dealkylation sites (N-methyl/N-ethyl adjacent to an activating group) is 1. The van der Waals surface area contributed by atoms with Crippen molar-refractivity contribution < 1.29 is 4.79 Å². The summed E-state index contributed by atoms with van der Waals surface area (Å²) in [6.07, 6.45) is 7.20. The summed E-state index contributed by atoms with van der Waals surface area (Å²) >= 11 is 5.89. The molecular formula is C16H22ClN3O. The molecule has 3 rings (SSSR count). The van der Waals surface area contributed by atoms with E-state index in [4.69, 9.17) is 11.6 Å². The SMILES string of the molecule is CN(C(=O)C1CCC1)C1CCCN(c2ccc(Cl)cn2)C1. The van der Waals surface area contributed by atoms with Crippen molar-refractivity contribution in [3.63, 3.8) is 0 Å². The van der Waals surface area contributed by atoms with Gasteiger partial charge >= 0.3 is 0 Å². The van der Waals surface area contributed by atoms with Gasteiger partial charge in [-0.3, -0.25) is 4.79 Å². The summed E-state index contributed by atoms with van der Waals surface area (Å²) < 4.78 is 0. The van der Waals surface area contributed by atoms with E-state index >= 15 is 0 Å². The average Bonchev–Trinajstić information content (AvgIpc) is 2.45. The Kier molecular flexibility index (Phi) is 4.34. The molecule has 1 aromatic heterocycles. The maximum absolute atomic E-state index is 12.4. The minimum atomic E-state index is 0.277. The number of carbonyl (C=O) groups excluding carboxylic acids is 1. The highest BCUT2D eigenvalue weighted by molar-refractivity contribution is 6.30. The zero-order valence-corrected chi connectivity index (χ0v) is 13.2. The number of nitrogens with zero attached hydrogens (tertiary/aromatic N) is 3. The zero-order valence-electron chi connectivity index (χ0n) is 12.5. The Hall–Kier alpha value is -1.29. The van der Waals surface area contributed by atoms with E-state index in [2.05, 4.69) is 9.88 Å². The van der Waals surface area contributed by atoms with Gasteiger partial charge in [-0.05, 0) is 37.8 Å². The fourth-order valence-electron chi connectivity index (χ4n) is 3.16. The number of piperidine rings is 1. The Morgan fingerprint density at radius 2 is 2.14 bits per heavy atom. The molecule has 21 heavy (non-hydrogen) atoms. The van der Waals surface area contributed by atoms with E-state index in [0.29, 0.717) is 17.0 Å². The van der Waals surface area contributed by atoms with Crippen LogP contribution in [0.4, 0.5) is 5.82 Å². The molecule has 0 aromatic carbocycles. The Morgan fingerprint density at radius 1 is 1.33 bits per heavy atom. The molecule has 1 amide bonds. The van der Waals surface area contributed by atoms with Crippen molar-refractivity contribution in [2.24, 2.45) is 5.92 Å². The Morgan fingerprint density at radius 3 is 2.76 bits per heavy atom. The zero-order chi connectivity index (χ0) is 14.8. The summed E-state index contributed by atoms with van der Waals surface area (Å²) in [4.78, 5) is 21.0. The van der Waals surface area contributed by atoms with E-state index in [1.54, 1.807) is 6.20 Å². The number of amides is 1. The normalized spacial score (nSPS) is 22.8. The summed E-state index contributed by atoms with van der Waals surface area (Å²) in [6.45, 7) is 1.86. The molecule has 0 bridgehead atoms. The van der Waals surface area contributed by atoms with Crippen LogP contribution in [-0.4, -0.2) is 42.0 Å². The van der Waals surface area contributed by atoms with E-state index in [1.807, 2.05) is 24.1 Å². The number of halogens is 1. The third-order valence-electron chi connectivity index (χ3n) is 4.78. The molecule has 0 N–H and O–H groups in total. The molecule has 0 spiro atoms. The molecule has 2 heterocycles. The highest BCUT2D eigenvalue weighted by Gasteiger charge is 2.33. The number of aromatic nitrogens is 1. The summed E-state index contributed by atoms with van der Waals surface area (Å²) in [5, 5.41) is 0.657. The van der Waals surface area contributed by atoms with Crippen molar-refractivity contribution >= 4 is 23.3 Å². The molecule has 4 nitrogen and oxygen atoms in total. The lowest BCUT2D eigenvalue weighted by molar-refractivity contribution is -0.139. The Bertz CT molecular complexity index is 501. The fourth-order valence-corrected chi connectivity index (χ4v) is 3.27. The molecule has 1 atom stereocenters. The van der Waals surface area contributed by atoms with Crippen LogP contribution in [0, 0.1) is 5.92 Å². The van der Waals surface area contributed by atoms with Crippen LogP contribution in [0.1, 0.15) is 32.1 Å². The van der Waals surface area contributed by atoms with Crippen LogP contribution in [-0.2, 0) is 4.79 Å². The van der Waals surface area contributed by atoms with Gasteiger partial charge in [-0.25, -0.2) is 4.98 Å². The molecule has 1 saturated carbocycles. The van der Waals surface area contributed by atoms with Crippen molar-refractivity contribution in [3.8, 4) is 0 Å². The number of pyridine rings is 1. The summed E-state index contributed by atoms with van der Waals surface area (Å²) in [7, 11) is 1.96. The minimum absolute atomic E-state index is 0.277. The lowest BCUT2D eigenvalue weighted by Gasteiger charge is -2.40. The molecule has 1 saturated heterocycles. The highest BCUT2D eigenvalue weighted by Crippen LogP contribution is 2.30. The second kappa shape index (κ2) is 6.22. The molecule has 2 aliphatic rings. The number of carbonyl (C=O) groups is 1. The summed E-state index contributed by atoms with van der Waals surface area (Å²) in [5.41, 5.74) is 0. The average molecular weight is 308 g/mol. The Labute approximate surface area is 131 Å². The lowest BCUT2D eigenvalue weighted by Crippen LogP contribution is -2.51. The number of hydrogen-bond acceptors (Lipinski definition) is 3. The van der Waals surface area contributed by atoms with Gasteiger partial charge in [0.25, 0.3) is 0 Å². The molecule has 5 heteroatoms. The van der Waals surface area contributed by atoms with Crippen LogP contribution < -0.4 is 4.90 Å². The van der Waals surface area contributed by atoms with Crippen LogP contribution in [0.25, 0.3) is 0 Å². The maximum atomic E-state index is 12.4. The molecule has 0 radical (unpaired) electrons. The number of hydrogen-bond donors (Lipinski definition) is 0. The first kappa shape index (κ1) is 14.6. The minimum Gasteiger partial charge on any atom is -0.355 e. The van der Waals surface area contributed by atoms with Crippen molar-refractivity contribution in [1.29, 1.82) is 0 Å². The van der Waals surface area contributed by atoms with E-state index in [-0.39, 0.29) is 5.92 Å². The van der Waals surface area contributed by atoms with Crippen molar-refractivity contribution in [2.75, 3.05) is 25.0 Å². The predicted octanol–water partition coefficient (Wildman–Crippen LogP) is 2.96. The second-order valence-corrected chi connectivity index (χ2v) is 6.59. The molecule has 1 aliphatic heterocycles. The van der Waals surface area contributed by atoms with Crippen molar-refractivity contribution in [3.05, 3.63) is 23.4 Å². The smallest absolute Gasteiger partial charge is 0.225 e. The maximum Gasteiger partial charge on any atom is 0.225 e. The summed E-state index contributed by atoms with van der Waals surface area (Å²) in [6, 6.07) is 4.12. The number of rotatable bonds is 3. The van der Waals surface area contributed by atoms with Gasteiger partial charge in [-0.15, -0.1) is 0 Å². The quantitative estimate of drug-likeness (QED) is 0.861. The van der Waals surface area contributed by atoms with Crippen LogP contribution >= 0.6 is 11.6 Å². The van der Waals surface area contributed by atoms with Gasteiger partial charge in [0.05, 0.1) is 5.02 Å². The van der Waals surface area contributed by atoms with Gasteiger partial charge < -0.3 is 9.80 Å². The molecular weight excluding hydrogens is 286 g/mol. The van der Waals surface area contributed by atoms with Gasteiger partial charge in [0.2, 0.25) is 5.91 Å². The fraction of sp³-hybridized carbons (Fsp3) is 0.625.